The fraction of sp³-hybridized carbons (Fsp3) is 0.545. The Labute approximate surface area is 115 Å². The predicted molar refractivity (Wildman–Crippen MR) is 71.1 cm³/mol. The van der Waals surface area contributed by atoms with Crippen LogP contribution in [0, 0.1) is 0 Å². The topological polar surface area (TPSA) is 59.5 Å². The second-order valence-corrected chi connectivity index (χ2v) is 6.76. The number of hydrogen-bond acceptors (Lipinski definition) is 4. The van der Waals surface area contributed by atoms with Crippen LogP contribution in [0.5, 0.6) is 0 Å². The Hall–Kier alpha value is -0.500. The standard InChI is InChI=1S/C11H15BrN2O3S/c1-9-8-17-10(5-12)7-14(9)18(15,16)11-3-2-4-13-6-11/h2-4,6,9-10H,5,7-8H2,1H3. The molecule has 1 aromatic rings. The molecular weight excluding hydrogens is 320 g/mol. The average Bonchev–Trinajstić information content (AvgIpc) is 2.40. The number of nitrogens with zero attached hydrogens (tertiary/aromatic N) is 2. The molecule has 1 aliphatic rings. The van der Waals surface area contributed by atoms with Crippen molar-refractivity contribution in [3.63, 3.8) is 0 Å². The van der Waals surface area contributed by atoms with Gasteiger partial charge in [-0.1, -0.05) is 15.9 Å². The molecule has 0 saturated carbocycles. The maximum absolute atomic E-state index is 12.5. The minimum absolute atomic E-state index is 0.104. The number of rotatable bonds is 3. The highest BCUT2D eigenvalue weighted by atomic mass is 79.9. The fourth-order valence-corrected chi connectivity index (χ4v) is 3.86. The summed E-state index contributed by atoms with van der Waals surface area (Å²) in [6, 6.07) is 3.03. The largest absolute Gasteiger partial charge is 0.374 e. The molecule has 100 valence electrons. The summed E-state index contributed by atoms with van der Waals surface area (Å²) in [6.07, 6.45) is 2.83. The SMILES string of the molecule is CC1COC(CBr)CN1S(=O)(=O)c1cccnc1. The maximum Gasteiger partial charge on any atom is 0.245 e. The number of ether oxygens (including phenoxy) is 1. The summed E-state index contributed by atoms with van der Waals surface area (Å²) in [5.74, 6) is 0. The van der Waals surface area contributed by atoms with Crippen molar-refractivity contribution < 1.29 is 13.2 Å². The number of hydrogen-bond donors (Lipinski definition) is 0. The summed E-state index contributed by atoms with van der Waals surface area (Å²) >= 11 is 3.32. The van der Waals surface area contributed by atoms with E-state index in [1.54, 1.807) is 18.3 Å². The number of alkyl halides is 1. The molecule has 0 bridgehead atoms. The minimum Gasteiger partial charge on any atom is -0.374 e. The fourth-order valence-electron chi connectivity index (χ4n) is 1.86. The van der Waals surface area contributed by atoms with Crippen LogP contribution in [-0.4, -0.2) is 48.3 Å². The normalized spacial score (nSPS) is 26.1. The van der Waals surface area contributed by atoms with E-state index in [1.165, 1.54) is 10.5 Å². The van der Waals surface area contributed by atoms with E-state index in [4.69, 9.17) is 4.74 Å². The first-order chi connectivity index (χ1) is 8.55. The minimum atomic E-state index is -3.48. The van der Waals surface area contributed by atoms with Gasteiger partial charge in [-0.25, -0.2) is 8.42 Å². The first-order valence-electron chi connectivity index (χ1n) is 5.65. The second-order valence-electron chi connectivity index (χ2n) is 4.22. The summed E-state index contributed by atoms with van der Waals surface area (Å²) in [7, 11) is -3.48. The third-order valence-electron chi connectivity index (χ3n) is 2.86. The summed E-state index contributed by atoms with van der Waals surface area (Å²) in [5, 5.41) is 0.624. The zero-order valence-corrected chi connectivity index (χ0v) is 12.4. The lowest BCUT2D eigenvalue weighted by Gasteiger charge is -2.36. The quantitative estimate of drug-likeness (QED) is 0.780. The number of morpholine rings is 1. The highest BCUT2D eigenvalue weighted by Crippen LogP contribution is 2.22. The van der Waals surface area contributed by atoms with Gasteiger partial charge in [-0.2, -0.15) is 4.31 Å². The summed E-state index contributed by atoms with van der Waals surface area (Å²) in [4.78, 5) is 4.09. The van der Waals surface area contributed by atoms with Crippen molar-refractivity contribution in [1.82, 2.24) is 9.29 Å². The van der Waals surface area contributed by atoms with Crippen LogP contribution in [0.2, 0.25) is 0 Å². The van der Waals surface area contributed by atoms with Gasteiger partial charge >= 0.3 is 0 Å². The molecule has 1 aliphatic heterocycles. The summed E-state index contributed by atoms with van der Waals surface area (Å²) in [5.41, 5.74) is 0. The lowest BCUT2D eigenvalue weighted by atomic mass is 10.2. The van der Waals surface area contributed by atoms with Gasteiger partial charge in [0.05, 0.1) is 12.7 Å². The highest BCUT2D eigenvalue weighted by Gasteiger charge is 2.35. The van der Waals surface area contributed by atoms with Gasteiger partial charge in [-0.15, -0.1) is 0 Å². The lowest BCUT2D eigenvalue weighted by Crippen LogP contribution is -2.51. The second kappa shape index (κ2) is 5.64. The molecule has 0 spiro atoms. The van der Waals surface area contributed by atoms with Crippen molar-refractivity contribution in [3.8, 4) is 0 Å². The molecule has 2 rings (SSSR count). The van der Waals surface area contributed by atoms with Crippen LogP contribution in [0.3, 0.4) is 0 Å². The van der Waals surface area contributed by atoms with Crippen molar-refractivity contribution in [3.05, 3.63) is 24.5 Å². The van der Waals surface area contributed by atoms with Gasteiger partial charge < -0.3 is 4.74 Å². The van der Waals surface area contributed by atoms with Crippen LogP contribution < -0.4 is 0 Å². The van der Waals surface area contributed by atoms with Gasteiger partial charge in [0.2, 0.25) is 10.0 Å². The molecule has 0 radical (unpaired) electrons. The Balaban J connectivity index is 2.29. The van der Waals surface area contributed by atoms with Crippen molar-refractivity contribution in [2.75, 3.05) is 18.5 Å². The third-order valence-corrected chi connectivity index (χ3v) is 5.55. The Kier molecular flexibility index (Phi) is 4.37. The summed E-state index contributed by atoms with van der Waals surface area (Å²) in [6.45, 7) is 2.62. The first kappa shape index (κ1) is 13.9. The maximum atomic E-state index is 12.5. The van der Waals surface area contributed by atoms with E-state index in [9.17, 15) is 8.42 Å². The number of aromatic nitrogens is 1. The molecule has 2 heterocycles. The summed E-state index contributed by atoms with van der Waals surface area (Å²) < 4.78 is 32.0. The van der Waals surface area contributed by atoms with E-state index in [0.717, 1.165) is 0 Å². The van der Waals surface area contributed by atoms with Crippen molar-refractivity contribution in [2.45, 2.75) is 24.0 Å². The number of sulfonamides is 1. The third kappa shape index (κ3) is 2.74. The van der Waals surface area contributed by atoms with E-state index in [1.807, 2.05) is 6.92 Å². The van der Waals surface area contributed by atoms with Crippen molar-refractivity contribution >= 4 is 26.0 Å². The molecule has 0 amide bonds. The molecule has 2 unspecified atom stereocenters. The number of pyridine rings is 1. The molecule has 2 atom stereocenters. The Morgan fingerprint density at radius 1 is 1.61 bits per heavy atom. The first-order valence-corrected chi connectivity index (χ1v) is 8.21. The van der Waals surface area contributed by atoms with Gasteiger partial charge in [-0.3, -0.25) is 4.98 Å². The van der Waals surface area contributed by atoms with Crippen molar-refractivity contribution in [2.24, 2.45) is 0 Å². The smallest absolute Gasteiger partial charge is 0.245 e. The van der Waals surface area contributed by atoms with Gasteiger partial charge in [0, 0.05) is 30.3 Å². The predicted octanol–water partition coefficient (Wildman–Crippen LogP) is 1.25. The van der Waals surface area contributed by atoms with E-state index in [0.29, 0.717) is 18.5 Å². The molecule has 7 heteroatoms. The van der Waals surface area contributed by atoms with Crippen LogP contribution in [0.25, 0.3) is 0 Å². The molecular formula is C11H15BrN2O3S. The van der Waals surface area contributed by atoms with E-state index < -0.39 is 10.0 Å². The zero-order chi connectivity index (χ0) is 13.2. The molecule has 0 N–H and O–H groups in total. The molecule has 0 aromatic carbocycles. The van der Waals surface area contributed by atoms with Gasteiger partial charge in [0.1, 0.15) is 4.90 Å². The van der Waals surface area contributed by atoms with Gasteiger partial charge in [0.25, 0.3) is 0 Å². The number of halogens is 1. The van der Waals surface area contributed by atoms with Crippen LogP contribution in [0.15, 0.2) is 29.4 Å². The molecule has 5 nitrogen and oxygen atoms in total. The molecule has 1 aromatic heterocycles. The van der Waals surface area contributed by atoms with Crippen LogP contribution in [-0.2, 0) is 14.8 Å². The monoisotopic (exact) mass is 334 g/mol. The van der Waals surface area contributed by atoms with E-state index in [-0.39, 0.29) is 17.0 Å². The van der Waals surface area contributed by atoms with Crippen LogP contribution in [0.4, 0.5) is 0 Å². The Morgan fingerprint density at radius 3 is 3.00 bits per heavy atom. The highest BCUT2D eigenvalue weighted by molar-refractivity contribution is 9.09. The van der Waals surface area contributed by atoms with Gasteiger partial charge in [-0.05, 0) is 19.1 Å². The van der Waals surface area contributed by atoms with E-state index in [2.05, 4.69) is 20.9 Å². The van der Waals surface area contributed by atoms with E-state index >= 15 is 0 Å². The van der Waals surface area contributed by atoms with Crippen molar-refractivity contribution in [1.29, 1.82) is 0 Å². The molecule has 18 heavy (non-hydrogen) atoms. The van der Waals surface area contributed by atoms with Gasteiger partial charge in [0.15, 0.2) is 0 Å². The van der Waals surface area contributed by atoms with Crippen LogP contribution >= 0.6 is 15.9 Å². The average molecular weight is 335 g/mol. The van der Waals surface area contributed by atoms with Crippen LogP contribution in [0.1, 0.15) is 6.92 Å². The molecule has 0 aliphatic carbocycles. The lowest BCUT2D eigenvalue weighted by molar-refractivity contribution is -0.0139. The Morgan fingerprint density at radius 2 is 2.39 bits per heavy atom. The molecule has 1 saturated heterocycles. The zero-order valence-electron chi connectivity index (χ0n) is 9.99. The molecule has 1 fully saturated rings. The Bertz CT molecular complexity index is 494.